The van der Waals surface area contributed by atoms with Crippen molar-refractivity contribution in [2.45, 2.75) is 40.2 Å². The van der Waals surface area contributed by atoms with Crippen LogP contribution in [0.15, 0.2) is 6.20 Å². The van der Waals surface area contributed by atoms with Crippen molar-refractivity contribution in [1.82, 2.24) is 30.1 Å². The monoisotopic (exact) mass is 262 g/mol. The molecule has 6 nitrogen and oxygen atoms in total. The van der Waals surface area contributed by atoms with Crippen molar-refractivity contribution >= 4 is 0 Å². The summed E-state index contributed by atoms with van der Waals surface area (Å²) in [6.07, 6.45) is 3.07. The molecule has 0 amide bonds. The van der Waals surface area contributed by atoms with Gasteiger partial charge in [-0.05, 0) is 33.7 Å². The van der Waals surface area contributed by atoms with Crippen LogP contribution in [0.4, 0.5) is 0 Å². The van der Waals surface area contributed by atoms with E-state index in [0.717, 1.165) is 35.7 Å². The molecule has 0 radical (unpaired) electrons. The van der Waals surface area contributed by atoms with Gasteiger partial charge in [0.05, 0.1) is 23.6 Å². The van der Waals surface area contributed by atoms with Crippen LogP contribution in [0.2, 0.25) is 0 Å². The SMILES string of the molecule is CCCNC(C)c1nnn(-c2cn(C)nc2C)c1C. The number of rotatable bonds is 5. The number of aryl methyl sites for hydroxylation is 2. The van der Waals surface area contributed by atoms with Crippen molar-refractivity contribution in [3.05, 3.63) is 23.3 Å². The lowest BCUT2D eigenvalue weighted by Crippen LogP contribution is -2.20. The predicted octanol–water partition coefficient (Wildman–Crippen LogP) is 1.68. The molecule has 0 saturated heterocycles. The van der Waals surface area contributed by atoms with Crippen molar-refractivity contribution in [3.8, 4) is 5.69 Å². The van der Waals surface area contributed by atoms with E-state index in [2.05, 4.69) is 34.6 Å². The summed E-state index contributed by atoms with van der Waals surface area (Å²) in [6, 6.07) is 0.214. The summed E-state index contributed by atoms with van der Waals surface area (Å²) in [5, 5.41) is 16.4. The Morgan fingerprint density at radius 3 is 2.68 bits per heavy atom. The molecule has 19 heavy (non-hydrogen) atoms. The molecule has 0 aliphatic rings. The van der Waals surface area contributed by atoms with Crippen molar-refractivity contribution in [3.63, 3.8) is 0 Å². The van der Waals surface area contributed by atoms with Crippen LogP contribution in [0.3, 0.4) is 0 Å². The number of nitrogens with zero attached hydrogens (tertiary/aromatic N) is 5. The molecule has 1 atom stereocenters. The fraction of sp³-hybridized carbons (Fsp3) is 0.615. The number of hydrogen-bond acceptors (Lipinski definition) is 4. The Labute approximate surface area is 113 Å². The second-order valence-corrected chi connectivity index (χ2v) is 4.92. The Kier molecular flexibility index (Phi) is 3.99. The maximum Gasteiger partial charge on any atom is 0.107 e. The number of hydrogen-bond donors (Lipinski definition) is 1. The Bertz CT molecular complexity index is 553. The van der Waals surface area contributed by atoms with E-state index in [0.29, 0.717) is 0 Å². The maximum atomic E-state index is 4.34. The minimum atomic E-state index is 0.214. The molecule has 0 aliphatic heterocycles. The molecule has 0 aromatic carbocycles. The minimum Gasteiger partial charge on any atom is -0.309 e. The van der Waals surface area contributed by atoms with Crippen LogP contribution in [0.1, 0.15) is 43.4 Å². The van der Waals surface area contributed by atoms with Gasteiger partial charge in [-0.3, -0.25) is 4.68 Å². The molecule has 1 N–H and O–H groups in total. The maximum absolute atomic E-state index is 4.34. The average molecular weight is 262 g/mol. The summed E-state index contributed by atoms with van der Waals surface area (Å²) in [4.78, 5) is 0. The summed E-state index contributed by atoms with van der Waals surface area (Å²) >= 11 is 0. The van der Waals surface area contributed by atoms with Crippen LogP contribution in [0, 0.1) is 13.8 Å². The Morgan fingerprint density at radius 2 is 2.11 bits per heavy atom. The van der Waals surface area contributed by atoms with Crippen LogP contribution >= 0.6 is 0 Å². The Hall–Kier alpha value is -1.69. The van der Waals surface area contributed by atoms with Crippen LogP contribution in [0.25, 0.3) is 5.69 Å². The van der Waals surface area contributed by atoms with E-state index >= 15 is 0 Å². The second kappa shape index (κ2) is 5.52. The van der Waals surface area contributed by atoms with Crippen LogP contribution in [-0.4, -0.2) is 31.3 Å². The second-order valence-electron chi connectivity index (χ2n) is 4.92. The molecule has 0 fully saturated rings. The summed E-state index contributed by atoms with van der Waals surface area (Å²) in [5.74, 6) is 0. The first kappa shape index (κ1) is 13.7. The van der Waals surface area contributed by atoms with E-state index in [4.69, 9.17) is 0 Å². The zero-order valence-corrected chi connectivity index (χ0v) is 12.3. The Morgan fingerprint density at radius 1 is 1.37 bits per heavy atom. The number of nitrogens with one attached hydrogen (secondary N) is 1. The molecule has 6 heteroatoms. The van der Waals surface area contributed by atoms with E-state index in [-0.39, 0.29) is 6.04 Å². The third-order valence-electron chi connectivity index (χ3n) is 3.26. The van der Waals surface area contributed by atoms with Gasteiger partial charge in [0.2, 0.25) is 0 Å². The van der Waals surface area contributed by atoms with Gasteiger partial charge < -0.3 is 5.32 Å². The molecule has 0 spiro atoms. The predicted molar refractivity (Wildman–Crippen MR) is 74.3 cm³/mol. The molecule has 2 heterocycles. The molecule has 0 bridgehead atoms. The summed E-state index contributed by atoms with van der Waals surface area (Å²) in [5.41, 5.74) is 4.00. The first-order chi connectivity index (χ1) is 9.04. The lowest BCUT2D eigenvalue weighted by atomic mass is 10.2. The third-order valence-corrected chi connectivity index (χ3v) is 3.26. The molecule has 104 valence electrons. The summed E-state index contributed by atoms with van der Waals surface area (Å²) in [6.45, 7) is 9.29. The van der Waals surface area contributed by atoms with Crippen LogP contribution < -0.4 is 5.32 Å². The van der Waals surface area contributed by atoms with Gasteiger partial charge in [0.25, 0.3) is 0 Å². The molecule has 0 saturated carbocycles. The van der Waals surface area contributed by atoms with Gasteiger partial charge >= 0.3 is 0 Å². The highest BCUT2D eigenvalue weighted by atomic mass is 15.5. The zero-order valence-electron chi connectivity index (χ0n) is 12.3. The van der Waals surface area contributed by atoms with E-state index in [1.54, 1.807) is 4.68 Å². The van der Waals surface area contributed by atoms with Crippen molar-refractivity contribution in [1.29, 1.82) is 0 Å². The lowest BCUT2D eigenvalue weighted by molar-refractivity contribution is 0.555. The molecule has 2 aromatic heterocycles. The highest BCUT2D eigenvalue weighted by Gasteiger charge is 2.17. The van der Waals surface area contributed by atoms with Gasteiger partial charge in [0.1, 0.15) is 11.4 Å². The Balaban J connectivity index is 2.30. The van der Waals surface area contributed by atoms with Gasteiger partial charge in [0.15, 0.2) is 0 Å². The van der Waals surface area contributed by atoms with Crippen LogP contribution in [0.5, 0.6) is 0 Å². The zero-order chi connectivity index (χ0) is 14.0. The minimum absolute atomic E-state index is 0.214. The van der Waals surface area contributed by atoms with Gasteiger partial charge in [-0.25, -0.2) is 4.68 Å². The standard InChI is InChI=1S/C13H22N6/c1-6-7-14-10(3)13-11(4)19(17-15-13)12-8-18(5)16-9(12)2/h8,10,14H,6-7H2,1-5H3. The lowest BCUT2D eigenvalue weighted by Gasteiger charge is -2.11. The van der Waals surface area contributed by atoms with Gasteiger partial charge in [-0.15, -0.1) is 5.10 Å². The fourth-order valence-corrected chi connectivity index (χ4v) is 2.22. The highest BCUT2D eigenvalue weighted by Crippen LogP contribution is 2.19. The van der Waals surface area contributed by atoms with Crippen molar-refractivity contribution in [2.24, 2.45) is 7.05 Å². The smallest absolute Gasteiger partial charge is 0.107 e. The quantitative estimate of drug-likeness (QED) is 0.890. The molecular formula is C13H22N6. The van der Waals surface area contributed by atoms with Gasteiger partial charge in [0, 0.05) is 7.05 Å². The first-order valence-electron chi connectivity index (χ1n) is 6.70. The molecule has 2 rings (SSSR count). The first-order valence-corrected chi connectivity index (χ1v) is 6.70. The molecule has 2 aromatic rings. The van der Waals surface area contributed by atoms with Crippen LogP contribution in [-0.2, 0) is 7.05 Å². The summed E-state index contributed by atoms with van der Waals surface area (Å²) < 4.78 is 3.66. The van der Waals surface area contributed by atoms with E-state index in [1.165, 1.54) is 0 Å². The average Bonchev–Trinajstić information content (AvgIpc) is 2.89. The van der Waals surface area contributed by atoms with E-state index < -0.39 is 0 Å². The van der Waals surface area contributed by atoms with Crippen molar-refractivity contribution < 1.29 is 0 Å². The summed E-state index contributed by atoms with van der Waals surface area (Å²) in [7, 11) is 1.91. The third kappa shape index (κ3) is 2.68. The molecule has 1 unspecified atom stereocenters. The topological polar surface area (TPSA) is 60.6 Å². The largest absolute Gasteiger partial charge is 0.309 e. The molecule has 0 aliphatic carbocycles. The van der Waals surface area contributed by atoms with Gasteiger partial charge in [-0.1, -0.05) is 12.1 Å². The normalized spacial score (nSPS) is 12.9. The van der Waals surface area contributed by atoms with E-state index in [1.807, 2.05) is 31.8 Å². The highest BCUT2D eigenvalue weighted by molar-refractivity contribution is 5.35. The van der Waals surface area contributed by atoms with Gasteiger partial charge in [-0.2, -0.15) is 5.10 Å². The van der Waals surface area contributed by atoms with Crippen molar-refractivity contribution in [2.75, 3.05) is 6.54 Å². The molecular weight excluding hydrogens is 240 g/mol. The van der Waals surface area contributed by atoms with E-state index in [9.17, 15) is 0 Å². The fourth-order valence-electron chi connectivity index (χ4n) is 2.22. The number of aromatic nitrogens is 5.